The molecule has 0 aromatic heterocycles. The molecule has 0 saturated heterocycles. The minimum Gasteiger partial charge on any atom is -0.313 e. The Bertz CT molecular complexity index is 134. The molecule has 1 rings (SSSR count). The van der Waals surface area contributed by atoms with E-state index in [1.165, 1.54) is 19.3 Å². The van der Waals surface area contributed by atoms with Crippen LogP contribution < -0.4 is 10.6 Å². The minimum atomic E-state index is 0.618. The summed E-state index contributed by atoms with van der Waals surface area (Å²) in [6.45, 7) is 8.89. The van der Waals surface area contributed by atoms with Crippen LogP contribution in [0.2, 0.25) is 0 Å². The number of rotatable bonds is 7. The van der Waals surface area contributed by atoms with Crippen molar-refractivity contribution in [1.82, 2.24) is 10.6 Å². The van der Waals surface area contributed by atoms with Gasteiger partial charge in [0.05, 0.1) is 0 Å². The topological polar surface area (TPSA) is 24.1 Å². The van der Waals surface area contributed by atoms with E-state index >= 15 is 0 Å². The summed E-state index contributed by atoms with van der Waals surface area (Å²) < 4.78 is 0. The predicted octanol–water partition coefficient (Wildman–Crippen LogP) is 1.76. The van der Waals surface area contributed by atoms with Gasteiger partial charge in [-0.3, -0.25) is 0 Å². The lowest BCUT2D eigenvalue weighted by molar-refractivity contribution is 0.537. The Kier molecular flexibility index (Phi) is 4.74. The fourth-order valence-electron chi connectivity index (χ4n) is 1.81. The van der Waals surface area contributed by atoms with E-state index < -0.39 is 0 Å². The monoisotopic (exact) mass is 184 g/mol. The van der Waals surface area contributed by atoms with Crippen LogP contribution in [-0.2, 0) is 0 Å². The molecule has 78 valence electrons. The minimum absolute atomic E-state index is 0.618. The fraction of sp³-hybridized carbons (Fsp3) is 1.00. The van der Waals surface area contributed by atoms with E-state index in [1.807, 2.05) is 0 Å². The zero-order valence-electron chi connectivity index (χ0n) is 9.27. The summed E-state index contributed by atoms with van der Waals surface area (Å²) >= 11 is 0. The molecule has 1 aliphatic rings. The highest BCUT2D eigenvalue weighted by Crippen LogP contribution is 2.34. The van der Waals surface area contributed by atoms with Gasteiger partial charge in [-0.05, 0) is 18.8 Å². The molecule has 0 spiro atoms. The van der Waals surface area contributed by atoms with Crippen molar-refractivity contribution < 1.29 is 0 Å². The van der Waals surface area contributed by atoms with E-state index in [4.69, 9.17) is 0 Å². The van der Waals surface area contributed by atoms with Gasteiger partial charge in [0, 0.05) is 25.2 Å². The van der Waals surface area contributed by atoms with E-state index in [0.717, 1.165) is 25.0 Å². The molecule has 0 heterocycles. The van der Waals surface area contributed by atoms with Crippen LogP contribution in [-0.4, -0.2) is 25.2 Å². The third-order valence-electron chi connectivity index (χ3n) is 2.67. The van der Waals surface area contributed by atoms with Gasteiger partial charge in [-0.15, -0.1) is 0 Å². The van der Waals surface area contributed by atoms with E-state index in [-0.39, 0.29) is 0 Å². The van der Waals surface area contributed by atoms with Gasteiger partial charge in [0.15, 0.2) is 0 Å². The maximum Gasteiger partial charge on any atom is 0.00996 e. The van der Waals surface area contributed by atoms with Crippen molar-refractivity contribution in [1.29, 1.82) is 0 Å². The summed E-state index contributed by atoms with van der Waals surface area (Å²) in [4.78, 5) is 0. The van der Waals surface area contributed by atoms with Crippen LogP contribution in [0.5, 0.6) is 0 Å². The molecule has 13 heavy (non-hydrogen) atoms. The van der Waals surface area contributed by atoms with Gasteiger partial charge in [-0.25, -0.2) is 0 Å². The van der Waals surface area contributed by atoms with Crippen molar-refractivity contribution in [2.45, 2.75) is 52.1 Å². The van der Waals surface area contributed by atoms with Gasteiger partial charge < -0.3 is 10.6 Å². The summed E-state index contributed by atoms with van der Waals surface area (Å²) in [5.41, 5.74) is 0. The SMILES string of the molecule is CCCC1CC1NCCNC(C)C. The van der Waals surface area contributed by atoms with Gasteiger partial charge in [-0.1, -0.05) is 27.2 Å². The molecule has 2 heteroatoms. The van der Waals surface area contributed by atoms with Crippen LogP contribution in [0.15, 0.2) is 0 Å². The molecule has 0 amide bonds. The van der Waals surface area contributed by atoms with Gasteiger partial charge in [0.2, 0.25) is 0 Å². The third kappa shape index (κ3) is 4.63. The Morgan fingerprint density at radius 1 is 1.31 bits per heavy atom. The van der Waals surface area contributed by atoms with Crippen LogP contribution in [0.1, 0.15) is 40.0 Å². The second-order valence-corrected chi connectivity index (χ2v) is 4.45. The van der Waals surface area contributed by atoms with Crippen LogP contribution in [0.25, 0.3) is 0 Å². The largest absolute Gasteiger partial charge is 0.313 e. The Morgan fingerprint density at radius 2 is 2.08 bits per heavy atom. The Balaban J connectivity index is 1.85. The molecule has 0 aromatic rings. The first kappa shape index (κ1) is 11.0. The highest BCUT2D eigenvalue weighted by atomic mass is 15.0. The van der Waals surface area contributed by atoms with E-state index in [2.05, 4.69) is 31.4 Å². The molecule has 2 atom stereocenters. The second-order valence-electron chi connectivity index (χ2n) is 4.45. The number of hydrogen-bond acceptors (Lipinski definition) is 2. The first-order valence-electron chi connectivity index (χ1n) is 5.70. The lowest BCUT2D eigenvalue weighted by Gasteiger charge is -2.08. The Morgan fingerprint density at radius 3 is 2.69 bits per heavy atom. The van der Waals surface area contributed by atoms with Crippen LogP contribution in [0.4, 0.5) is 0 Å². The van der Waals surface area contributed by atoms with Gasteiger partial charge in [0.25, 0.3) is 0 Å². The lowest BCUT2D eigenvalue weighted by atomic mass is 10.2. The highest BCUT2D eigenvalue weighted by Gasteiger charge is 2.34. The first-order valence-corrected chi connectivity index (χ1v) is 5.70. The summed E-state index contributed by atoms with van der Waals surface area (Å²) in [6.07, 6.45) is 4.16. The van der Waals surface area contributed by atoms with Crippen molar-refractivity contribution in [3.8, 4) is 0 Å². The quantitative estimate of drug-likeness (QED) is 0.589. The second kappa shape index (κ2) is 5.61. The van der Waals surface area contributed by atoms with Crippen LogP contribution in [0.3, 0.4) is 0 Å². The molecule has 2 unspecified atom stereocenters. The molecule has 0 aromatic carbocycles. The average Bonchev–Trinajstić information content (AvgIpc) is 2.78. The maximum atomic E-state index is 3.58. The molecular weight excluding hydrogens is 160 g/mol. The zero-order valence-corrected chi connectivity index (χ0v) is 9.27. The van der Waals surface area contributed by atoms with Crippen LogP contribution in [0, 0.1) is 5.92 Å². The maximum absolute atomic E-state index is 3.58. The lowest BCUT2D eigenvalue weighted by Crippen LogP contribution is -2.32. The number of hydrogen-bond donors (Lipinski definition) is 2. The van der Waals surface area contributed by atoms with Gasteiger partial charge >= 0.3 is 0 Å². The van der Waals surface area contributed by atoms with Crippen molar-refractivity contribution >= 4 is 0 Å². The summed E-state index contributed by atoms with van der Waals surface area (Å²) in [7, 11) is 0. The molecule has 0 aliphatic heterocycles. The van der Waals surface area contributed by atoms with Crippen molar-refractivity contribution in [3.05, 3.63) is 0 Å². The van der Waals surface area contributed by atoms with Crippen LogP contribution >= 0.6 is 0 Å². The standard InChI is InChI=1S/C11H24N2/c1-4-5-10-8-11(10)13-7-6-12-9(2)3/h9-13H,4-8H2,1-3H3. The molecule has 1 fully saturated rings. The smallest absolute Gasteiger partial charge is 0.00996 e. The molecule has 1 saturated carbocycles. The molecule has 2 N–H and O–H groups in total. The van der Waals surface area contributed by atoms with Crippen molar-refractivity contribution in [2.24, 2.45) is 5.92 Å². The first-order chi connectivity index (χ1) is 6.24. The van der Waals surface area contributed by atoms with E-state index in [1.54, 1.807) is 0 Å². The van der Waals surface area contributed by atoms with Crippen molar-refractivity contribution in [2.75, 3.05) is 13.1 Å². The highest BCUT2D eigenvalue weighted by molar-refractivity contribution is 4.92. The summed E-state index contributed by atoms with van der Waals surface area (Å²) in [6, 6.07) is 1.46. The zero-order chi connectivity index (χ0) is 9.68. The fourth-order valence-corrected chi connectivity index (χ4v) is 1.81. The van der Waals surface area contributed by atoms with E-state index in [9.17, 15) is 0 Å². The van der Waals surface area contributed by atoms with Crippen molar-refractivity contribution in [3.63, 3.8) is 0 Å². The van der Waals surface area contributed by atoms with Gasteiger partial charge in [0.1, 0.15) is 0 Å². The average molecular weight is 184 g/mol. The predicted molar refractivity (Wildman–Crippen MR) is 57.9 cm³/mol. The molecular formula is C11H24N2. The molecule has 2 nitrogen and oxygen atoms in total. The molecule has 1 aliphatic carbocycles. The third-order valence-corrected chi connectivity index (χ3v) is 2.67. The van der Waals surface area contributed by atoms with E-state index in [0.29, 0.717) is 6.04 Å². The van der Waals surface area contributed by atoms with Gasteiger partial charge in [-0.2, -0.15) is 0 Å². The molecule has 0 bridgehead atoms. The number of nitrogens with one attached hydrogen (secondary N) is 2. The normalized spacial score (nSPS) is 26.8. The Hall–Kier alpha value is -0.0800. The Labute approximate surface area is 82.5 Å². The molecule has 0 radical (unpaired) electrons. The summed E-state index contributed by atoms with van der Waals surface area (Å²) in [5, 5.41) is 7.00. The summed E-state index contributed by atoms with van der Waals surface area (Å²) in [5.74, 6) is 0.990.